The van der Waals surface area contributed by atoms with Crippen LogP contribution in [0.4, 0.5) is 27.8 Å². The molecule has 1 aliphatic heterocycles. The lowest BCUT2D eigenvalue weighted by Crippen LogP contribution is -2.39. The molecule has 0 aromatic carbocycles. The Kier molecular flexibility index (Phi) is 4.89. The van der Waals surface area contributed by atoms with E-state index in [9.17, 15) is 27.1 Å². The van der Waals surface area contributed by atoms with Crippen LogP contribution in [0, 0.1) is 11.6 Å². The van der Waals surface area contributed by atoms with Crippen LogP contribution in [0.25, 0.3) is 17.0 Å². The normalized spacial score (nSPS) is 19.2. The fourth-order valence-electron chi connectivity index (χ4n) is 3.33. The van der Waals surface area contributed by atoms with Gasteiger partial charge in [0.25, 0.3) is 0 Å². The molecule has 160 valence electrons. The summed E-state index contributed by atoms with van der Waals surface area (Å²) >= 11 is 0. The van der Waals surface area contributed by atoms with Crippen LogP contribution in [0.2, 0.25) is 0 Å². The number of nitrogens with one attached hydrogen (secondary N) is 2. The maximum Gasteiger partial charge on any atom is 0.421 e. The molecule has 1 fully saturated rings. The summed E-state index contributed by atoms with van der Waals surface area (Å²) in [7, 11) is 0. The van der Waals surface area contributed by atoms with Gasteiger partial charge in [-0.05, 0) is 26.0 Å². The van der Waals surface area contributed by atoms with Crippen molar-refractivity contribution in [3.8, 4) is 11.4 Å². The van der Waals surface area contributed by atoms with Crippen molar-refractivity contribution >= 4 is 11.5 Å². The van der Waals surface area contributed by atoms with Gasteiger partial charge in [-0.2, -0.15) is 13.2 Å². The molecule has 2 atom stereocenters. The molecule has 1 aliphatic rings. The molecule has 3 N–H and O–H groups in total. The van der Waals surface area contributed by atoms with E-state index < -0.39 is 29.0 Å². The van der Waals surface area contributed by atoms with E-state index in [0.29, 0.717) is 19.5 Å². The molecular weight excluding hydrogens is 409 g/mol. The molecule has 3 aromatic heterocycles. The Morgan fingerprint density at radius 2 is 2.00 bits per heavy atom. The van der Waals surface area contributed by atoms with E-state index in [2.05, 4.69) is 20.6 Å². The number of fused-ring (bicyclic) bond motifs is 1. The van der Waals surface area contributed by atoms with E-state index in [4.69, 9.17) is 0 Å². The topological polar surface area (TPSA) is 74.5 Å². The number of alkyl halides is 3. The van der Waals surface area contributed by atoms with E-state index in [-0.39, 0.29) is 28.9 Å². The Balaban J connectivity index is 1.80. The molecule has 1 saturated heterocycles. The highest BCUT2D eigenvalue weighted by Crippen LogP contribution is 2.39. The van der Waals surface area contributed by atoms with Crippen LogP contribution in [0.3, 0.4) is 0 Å². The second-order valence-corrected chi connectivity index (χ2v) is 7.34. The zero-order valence-electron chi connectivity index (χ0n) is 15.8. The molecule has 4 rings (SSSR count). The molecular formula is C19H18F5N5O. The third-order valence-electron chi connectivity index (χ3n) is 5.19. The first kappa shape index (κ1) is 20.5. The van der Waals surface area contributed by atoms with Crippen LogP contribution in [-0.4, -0.2) is 44.8 Å². The van der Waals surface area contributed by atoms with Gasteiger partial charge in [-0.3, -0.25) is 4.40 Å². The fraction of sp³-hybridized carbons (Fsp3) is 0.368. The molecule has 0 radical (unpaired) electrons. The number of hydrogen-bond acceptors (Lipinski definition) is 5. The molecule has 0 aliphatic carbocycles. The Bertz CT molecular complexity index is 1090. The molecule has 4 heterocycles. The van der Waals surface area contributed by atoms with Crippen molar-refractivity contribution < 1.29 is 27.1 Å². The van der Waals surface area contributed by atoms with Crippen LogP contribution >= 0.6 is 0 Å². The Hall–Kier alpha value is -2.79. The maximum atomic E-state index is 14.5. The first-order valence-electron chi connectivity index (χ1n) is 9.18. The number of aliphatic hydroxyl groups is 1. The van der Waals surface area contributed by atoms with E-state index in [1.165, 1.54) is 16.7 Å². The summed E-state index contributed by atoms with van der Waals surface area (Å²) < 4.78 is 69.6. The molecule has 0 saturated carbocycles. The van der Waals surface area contributed by atoms with Gasteiger partial charge in [0, 0.05) is 30.4 Å². The van der Waals surface area contributed by atoms with Crippen LogP contribution in [0.5, 0.6) is 0 Å². The number of rotatable bonds is 4. The fourth-order valence-corrected chi connectivity index (χ4v) is 3.33. The first-order chi connectivity index (χ1) is 14.1. The summed E-state index contributed by atoms with van der Waals surface area (Å²) in [6, 6.07) is 2.95. The zero-order valence-corrected chi connectivity index (χ0v) is 15.8. The molecule has 11 heteroatoms. The van der Waals surface area contributed by atoms with E-state index >= 15 is 0 Å². The monoisotopic (exact) mass is 427 g/mol. The number of halogens is 5. The maximum absolute atomic E-state index is 14.5. The van der Waals surface area contributed by atoms with Crippen molar-refractivity contribution in [2.24, 2.45) is 0 Å². The van der Waals surface area contributed by atoms with Crippen LogP contribution in [0.1, 0.15) is 18.9 Å². The summed E-state index contributed by atoms with van der Waals surface area (Å²) in [5.74, 6) is -2.02. The van der Waals surface area contributed by atoms with Gasteiger partial charge in [0.2, 0.25) is 0 Å². The Labute approximate surface area is 167 Å². The SMILES string of the molecule is CC(O)(c1ccc2ncc(-c3nc(N[C@@H]4CCNC4)c(F)cc3F)n2c1)C(F)(F)F. The summed E-state index contributed by atoms with van der Waals surface area (Å²) in [5, 5.41) is 16.0. The average molecular weight is 427 g/mol. The van der Waals surface area contributed by atoms with Crippen LogP contribution in [-0.2, 0) is 5.60 Å². The van der Waals surface area contributed by atoms with Gasteiger partial charge >= 0.3 is 6.18 Å². The standard InChI is InChI=1S/C19H18F5N5O/c1-18(30,19(22,23)24)10-2-3-15-26-8-14(29(15)9-10)16-12(20)6-13(21)17(28-16)27-11-4-5-25-7-11/h2-3,6,8-9,11,25,30H,4-5,7H2,1H3,(H,27,28)/t11-,18?/m1/s1. The second kappa shape index (κ2) is 7.17. The van der Waals surface area contributed by atoms with Crippen molar-refractivity contribution in [2.75, 3.05) is 18.4 Å². The third-order valence-corrected chi connectivity index (χ3v) is 5.19. The smallest absolute Gasteiger partial charge is 0.376 e. The Morgan fingerprint density at radius 1 is 1.23 bits per heavy atom. The van der Waals surface area contributed by atoms with E-state index in [1.54, 1.807) is 0 Å². The summed E-state index contributed by atoms with van der Waals surface area (Å²) in [4.78, 5) is 8.08. The van der Waals surface area contributed by atoms with Crippen molar-refractivity contribution in [3.05, 3.63) is 47.8 Å². The molecule has 1 unspecified atom stereocenters. The first-order valence-corrected chi connectivity index (χ1v) is 9.18. The molecule has 0 spiro atoms. The minimum absolute atomic E-state index is 0.0231. The summed E-state index contributed by atoms with van der Waals surface area (Å²) in [6.07, 6.45) is -1.94. The predicted octanol–water partition coefficient (Wildman–Crippen LogP) is 3.22. The number of aromatic nitrogens is 3. The van der Waals surface area contributed by atoms with Crippen molar-refractivity contribution in [1.29, 1.82) is 0 Å². The number of pyridine rings is 2. The lowest BCUT2D eigenvalue weighted by atomic mass is 9.97. The molecule has 6 nitrogen and oxygen atoms in total. The second-order valence-electron chi connectivity index (χ2n) is 7.34. The lowest BCUT2D eigenvalue weighted by molar-refractivity contribution is -0.259. The van der Waals surface area contributed by atoms with Gasteiger partial charge in [-0.1, -0.05) is 6.07 Å². The summed E-state index contributed by atoms with van der Waals surface area (Å²) in [6.45, 7) is 1.97. The van der Waals surface area contributed by atoms with Crippen molar-refractivity contribution in [3.63, 3.8) is 0 Å². The predicted molar refractivity (Wildman–Crippen MR) is 98.9 cm³/mol. The Morgan fingerprint density at radius 3 is 2.67 bits per heavy atom. The number of hydrogen-bond donors (Lipinski definition) is 3. The van der Waals surface area contributed by atoms with Gasteiger partial charge in [-0.15, -0.1) is 0 Å². The van der Waals surface area contributed by atoms with E-state index in [0.717, 1.165) is 25.2 Å². The van der Waals surface area contributed by atoms with Crippen molar-refractivity contribution in [2.45, 2.75) is 31.2 Å². The molecule has 0 amide bonds. The molecule has 0 bridgehead atoms. The summed E-state index contributed by atoms with van der Waals surface area (Å²) in [5.41, 5.74) is -3.62. The molecule has 3 aromatic rings. The highest BCUT2D eigenvalue weighted by molar-refractivity contribution is 5.63. The highest BCUT2D eigenvalue weighted by atomic mass is 19.4. The van der Waals surface area contributed by atoms with Gasteiger partial charge in [0.1, 0.15) is 11.3 Å². The van der Waals surface area contributed by atoms with Crippen LogP contribution in [0.15, 0.2) is 30.6 Å². The minimum Gasteiger partial charge on any atom is -0.376 e. The van der Waals surface area contributed by atoms with Crippen LogP contribution < -0.4 is 10.6 Å². The minimum atomic E-state index is -4.92. The average Bonchev–Trinajstić information content (AvgIpc) is 3.32. The van der Waals surface area contributed by atoms with Gasteiger partial charge in [0.05, 0.1) is 11.9 Å². The van der Waals surface area contributed by atoms with Gasteiger partial charge in [-0.25, -0.2) is 18.7 Å². The number of nitrogens with zero attached hydrogens (tertiary/aromatic N) is 3. The zero-order chi connectivity index (χ0) is 21.7. The quantitative estimate of drug-likeness (QED) is 0.558. The lowest BCUT2D eigenvalue weighted by Gasteiger charge is -2.26. The van der Waals surface area contributed by atoms with Gasteiger partial charge < -0.3 is 15.7 Å². The van der Waals surface area contributed by atoms with E-state index in [1.807, 2.05) is 0 Å². The van der Waals surface area contributed by atoms with Gasteiger partial charge in [0.15, 0.2) is 23.1 Å². The number of anilines is 1. The number of imidazole rings is 1. The highest BCUT2D eigenvalue weighted by Gasteiger charge is 2.51. The molecule has 30 heavy (non-hydrogen) atoms. The van der Waals surface area contributed by atoms with Crippen molar-refractivity contribution in [1.82, 2.24) is 19.7 Å². The third kappa shape index (κ3) is 3.47. The largest absolute Gasteiger partial charge is 0.421 e.